The molecule has 92 valence electrons. The Morgan fingerprint density at radius 1 is 1.35 bits per heavy atom. The summed E-state index contributed by atoms with van der Waals surface area (Å²) >= 11 is 0. The van der Waals surface area contributed by atoms with Crippen LogP contribution < -0.4 is 10.0 Å². The fraction of sp³-hybridized carbons (Fsp3) is 0.182. The molecular weight excluding hydrogens is 240 g/mol. The normalized spacial score (nSPS) is 10.6. The van der Waals surface area contributed by atoms with E-state index >= 15 is 0 Å². The maximum atomic E-state index is 11.0. The summed E-state index contributed by atoms with van der Waals surface area (Å²) < 4.78 is 24.3. The van der Waals surface area contributed by atoms with Gasteiger partial charge in [0.1, 0.15) is 0 Å². The molecule has 0 saturated heterocycles. The molecule has 5 nitrogen and oxygen atoms in total. The van der Waals surface area contributed by atoms with E-state index in [1.54, 1.807) is 24.3 Å². The molecule has 1 aromatic carbocycles. The highest BCUT2D eigenvalue weighted by molar-refractivity contribution is 7.92. The second-order valence-corrected chi connectivity index (χ2v) is 5.24. The van der Waals surface area contributed by atoms with Gasteiger partial charge < -0.3 is 5.32 Å². The van der Waals surface area contributed by atoms with Gasteiger partial charge in [0.25, 0.3) is 0 Å². The first kappa shape index (κ1) is 13.2. The average molecular weight is 254 g/mol. The molecule has 6 heteroatoms. The molecular formula is C11H14N2O3S. The molecule has 0 fully saturated rings. The Hall–Kier alpha value is -1.82. The van der Waals surface area contributed by atoms with Gasteiger partial charge in [0, 0.05) is 12.2 Å². The number of hydrogen-bond donors (Lipinski definition) is 2. The van der Waals surface area contributed by atoms with Crippen molar-refractivity contribution < 1.29 is 13.2 Å². The molecule has 0 aliphatic carbocycles. The lowest BCUT2D eigenvalue weighted by Crippen LogP contribution is -2.19. The Morgan fingerprint density at radius 3 is 2.41 bits per heavy atom. The lowest BCUT2D eigenvalue weighted by atomic mass is 10.2. The summed E-state index contributed by atoms with van der Waals surface area (Å²) in [6, 6.07) is 6.74. The van der Waals surface area contributed by atoms with Crippen molar-refractivity contribution in [2.45, 2.75) is 6.54 Å². The van der Waals surface area contributed by atoms with E-state index in [0.29, 0.717) is 12.2 Å². The molecule has 0 aliphatic rings. The molecule has 0 saturated carbocycles. The van der Waals surface area contributed by atoms with Gasteiger partial charge in [0.05, 0.1) is 6.26 Å². The summed E-state index contributed by atoms with van der Waals surface area (Å²) in [5.41, 5.74) is 1.37. The van der Waals surface area contributed by atoms with Crippen LogP contribution in [0.1, 0.15) is 5.56 Å². The topological polar surface area (TPSA) is 75.3 Å². The molecule has 0 atom stereocenters. The molecule has 0 heterocycles. The summed E-state index contributed by atoms with van der Waals surface area (Å²) in [5, 5.41) is 2.62. The molecule has 1 aromatic rings. The first-order valence-corrected chi connectivity index (χ1v) is 6.77. The van der Waals surface area contributed by atoms with Crippen LogP contribution in [0.3, 0.4) is 0 Å². The van der Waals surface area contributed by atoms with Crippen LogP contribution in [0.4, 0.5) is 5.69 Å². The third-order valence-electron chi connectivity index (χ3n) is 1.91. The predicted molar refractivity (Wildman–Crippen MR) is 67.0 cm³/mol. The second-order valence-electron chi connectivity index (χ2n) is 3.49. The molecule has 2 N–H and O–H groups in total. The number of hydrogen-bond acceptors (Lipinski definition) is 3. The largest absolute Gasteiger partial charge is 0.348 e. The lowest BCUT2D eigenvalue weighted by Gasteiger charge is -2.06. The van der Waals surface area contributed by atoms with E-state index in [9.17, 15) is 13.2 Å². The average Bonchev–Trinajstić information content (AvgIpc) is 2.25. The monoisotopic (exact) mass is 254 g/mol. The van der Waals surface area contributed by atoms with Crippen molar-refractivity contribution in [3.63, 3.8) is 0 Å². The maximum Gasteiger partial charge on any atom is 0.243 e. The maximum absolute atomic E-state index is 11.0. The number of nitrogens with one attached hydrogen (secondary N) is 2. The minimum absolute atomic E-state index is 0.247. The van der Waals surface area contributed by atoms with Crippen LogP contribution in [-0.4, -0.2) is 20.6 Å². The number of anilines is 1. The predicted octanol–water partition coefficient (Wildman–Crippen LogP) is 0.860. The first-order valence-electron chi connectivity index (χ1n) is 4.88. The molecule has 1 rings (SSSR count). The van der Waals surface area contributed by atoms with Gasteiger partial charge in [-0.05, 0) is 23.8 Å². The molecule has 1 amide bonds. The summed E-state index contributed by atoms with van der Waals surface area (Å²) in [5.74, 6) is -0.247. The van der Waals surface area contributed by atoms with Crippen molar-refractivity contribution in [1.29, 1.82) is 0 Å². The number of sulfonamides is 1. The molecule has 17 heavy (non-hydrogen) atoms. The molecule has 0 aromatic heterocycles. The molecule has 0 spiro atoms. The third-order valence-corrected chi connectivity index (χ3v) is 2.52. The van der Waals surface area contributed by atoms with Crippen molar-refractivity contribution in [1.82, 2.24) is 5.32 Å². The quantitative estimate of drug-likeness (QED) is 0.765. The minimum Gasteiger partial charge on any atom is -0.348 e. The van der Waals surface area contributed by atoms with E-state index in [1.807, 2.05) is 0 Å². The van der Waals surface area contributed by atoms with E-state index in [0.717, 1.165) is 11.8 Å². The van der Waals surface area contributed by atoms with Crippen molar-refractivity contribution in [3.8, 4) is 0 Å². The number of carbonyl (C=O) groups excluding carboxylic acids is 1. The van der Waals surface area contributed by atoms with Gasteiger partial charge in [-0.3, -0.25) is 9.52 Å². The van der Waals surface area contributed by atoms with Gasteiger partial charge in [-0.2, -0.15) is 0 Å². The number of benzene rings is 1. The van der Waals surface area contributed by atoms with Crippen LogP contribution in [0.25, 0.3) is 0 Å². The SMILES string of the molecule is C=CC(=O)NCc1ccc(NS(C)(=O)=O)cc1. The third kappa shape index (κ3) is 5.17. The first-order chi connectivity index (χ1) is 7.90. The summed E-state index contributed by atoms with van der Waals surface area (Å²) in [4.78, 5) is 10.9. The van der Waals surface area contributed by atoms with Crippen molar-refractivity contribution >= 4 is 21.6 Å². The summed E-state index contributed by atoms with van der Waals surface area (Å²) in [6.07, 6.45) is 2.28. The van der Waals surface area contributed by atoms with Gasteiger partial charge in [-0.25, -0.2) is 8.42 Å². The van der Waals surface area contributed by atoms with Crippen LogP contribution >= 0.6 is 0 Å². The van der Waals surface area contributed by atoms with E-state index < -0.39 is 10.0 Å². The van der Waals surface area contributed by atoms with Crippen LogP contribution in [-0.2, 0) is 21.4 Å². The highest BCUT2D eigenvalue weighted by atomic mass is 32.2. The smallest absolute Gasteiger partial charge is 0.243 e. The van der Waals surface area contributed by atoms with Gasteiger partial charge in [0.15, 0.2) is 0 Å². The van der Waals surface area contributed by atoms with Crippen LogP contribution in [0.15, 0.2) is 36.9 Å². The summed E-state index contributed by atoms with van der Waals surface area (Å²) in [7, 11) is -3.25. The molecule has 0 bridgehead atoms. The molecule has 0 radical (unpaired) electrons. The van der Waals surface area contributed by atoms with Gasteiger partial charge in [-0.1, -0.05) is 18.7 Å². The Morgan fingerprint density at radius 2 is 1.94 bits per heavy atom. The van der Waals surface area contributed by atoms with Gasteiger partial charge in [0.2, 0.25) is 15.9 Å². The zero-order valence-corrected chi connectivity index (χ0v) is 10.3. The number of amides is 1. The standard InChI is InChI=1S/C11H14N2O3S/c1-3-11(14)12-8-9-4-6-10(7-5-9)13-17(2,15)16/h3-7,13H,1,8H2,2H3,(H,12,14). The fourth-order valence-corrected chi connectivity index (χ4v) is 1.73. The Kier molecular flexibility index (Phi) is 4.28. The second kappa shape index (κ2) is 5.49. The van der Waals surface area contributed by atoms with Crippen molar-refractivity contribution in [2.24, 2.45) is 0 Å². The van der Waals surface area contributed by atoms with E-state index in [-0.39, 0.29) is 5.91 Å². The van der Waals surface area contributed by atoms with Crippen molar-refractivity contribution in [3.05, 3.63) is 42.5 Å². The Bertz CT molecular complexity index is 506. The number of rotatable bonds is 5. The highest BCUT2D eigenvalue weighted by Crippen LogP contribution is 2.10. The molecule has 0 aliphatic heterocycles. The molecule has 0 unspecified atom stereocenters. The fourth-order valence-electron chi connectivity index (χ4n) is 1.17. The number of carbonyl (C=O) groups is 1. The minimum atomic E-state index is -3.25. The summed E-state index contributed by atoms with van der Waals surface area (Å²) in [6.45, 7) is 3.72. The van der Waals surface area contributed by atoms with Crippen LogP contribution in [0, 0.1) is 0 Å². The Balaban J connectivity index is 2.62. The van der Waals surface area contributed by atoms with Crippen LogP contribution in [0.5, 0.6) is 0 Å². The van der Waals surface area contributed by atoms with E-state index in [1.165, 1.54) is 6.08 Å². The van der Waals surface area contributed by atoms with E-state index in [2.05, 4.69) is 16.6 Å². The van der Waals surface area contributed by atoms with E-state index in [4.69, 9.17) is 0 Å². The van der Waals surface area contributed by atoms with Gasteiger partial charge >= 0.3 is 0 Å². The van der Waals surface area contributed by atoms with Gasteiger partial charge in [-0.15, -0.1) is 0 Å². The van der Waals surface area contributed by atoms with Crippen molar-refractivity contribution in [2.75, 3.05) is 11.0 Å². The zero-order chi connectivity index (χ0) is 12.9. The van der Waals surface area contributed by atoms with Crippen LogP contribution in [0.2, 0.25) is 0 Å². The highest BCUT2D eigenvalue weighted by Gasteiger charge is 2.01. The lowest BCUT2D eigenvalue weighted by molar-refractivity contribution is -0.116. The zero-order valence-electron chi connectivity index (χ0n) is 9.43. The Labute approximate surface area is 101 Å².